The van der Waals surface area contributed by atoms with Crippen molar-refractivity contribution in [2.45, 2.75) is 0 Å². The van der Waals surface area contributed by atoms with Crippen molar-refractivity contribution in [1.29, 1.82) is 0 Å². The fourth-order valence-electron chi connectivity index (χ4n) is 1.43. The number of aromatic nitrogens is 2. The SMILES string of the molecule is CS(=O)(=O)NCC(=O)Nc1ccn2ncc(Br)c2c1. The number of nitrogens with one attached hydrogen (secondary N) is 2. The lowest BCUT2D eigenvalue weighted by molar-refractivity contribution is -0.115. The molecule has 0 saturated heterocycles. The van der Waals surface area contributed by atoms with Crippen molar-refractivity contribution in [2.24, 2.45) is 0 Å². The van der Waals surface area contributed by atoms with Crippen LogP contribution in [-0.2, 0) is 14.8 Å². The van der Waals surface area contributed by atoms with E-state index in [1.54, 1.807) is 29.0 Å². The van der Waals surface area contributed by atoms with Crippen LogP contribution in [0.4, 0.5) is 5.69 Å². The van der Waals surface area contributed by atoms with E-state index in [-0.39, 0.29) is 6.54 Å². The van der Waals surface area contributed by atoms with Gasteiger partial charge in [0, 0.05) is 11.9 Å². The highest BCUT2D eigenvalue weighted by Crippen LogP contribution is 2.20. The van der Waals surface area contributed by atoms with Gasteiger partial charge in [0.25, 0.3) is 0 Å². The molecule has 0 bridgehead atoms. The Morgan fingerprint density at radius 3 is 2.95 bits per heavy atom. The lowest BCUT2D eigenvalue weighted by Gasteiger charge is -2.06. The number of halogens is 1. The Labute approximate surface area is 118 Å². The van der Waals surface area contributed by atoms with Crippen LogP contribution in [0, 0.1) is 0 Å². The molecule has 2 rings (SSSR count). The molecule has 2 N–H and O–H groups in total. The van der Waals surface area contributed by atoms with Gasteiger partial charge in [-0.1, -0.05) is 0 Å². The average molecular weight is 347 g/mol. The molecular weight excluding hydrogens is 336 g/mol. The van der Waals surface area contributed by atoms with Crippen molar-refractivity contribution in [3.8, 4) is 0 Å². The van der Waals surface area contributed by atoms with Gasteiger partial charge in [0.05, 0.1) is 29.0 Å². The van der Waals surface area contributed by atoms with Crippen molar-refractivity contribution in [3.63, 3.8) is 0 Å². The molecular formula is C10H11BrN4O3S. The van der Waals surface area contributed by atoms with E-state index >= 15 is 0 Å². The average Bonchev–Trinajstić information content (AvgIpc) is 2.68. The summed E-state index contributed by atoms with van der Waals surface area (Å²) in [6, 6.07) is 3.40. The van der Waals surface area contributed by atoms with Crippen LogP contribution in [0.2, 0.25) is 0 Å². The number of sulfonamides is 1. The van der Waals surface area contributed by atoms with Crippen LogP contribution in [0.3, 0.4) is 0 Å². The highest BCUT2D eigenvalue weighted by molar-refractivity contribution is 9.10. The molecule has 0 aromatic carbocycles. The van der Waals surface area contributed by atoms with Gasteiger partial charge >= 0.3 is 0 Å². The molecule has 0 unspecified atom stereocenters. The number of pyridine rings is 1. The van der Waals surface area contributed by atoms with Gasteiger partial charge in [0.2, 0.25) is 15.9 Å². The summed E-state index contributed by atoms with van der Waals surface area (Å²) in [6.07, 6.45) is 4.33. The fraction of sp³-hybridized carbons (Fsp3) is 0.200. The third kappa shape index (κ3) is 3.75. The zero-order valence-electron chi connectivity index (χ0n) is 9.92. The summed E-state index contributed by atoms with van der Waals surface area (Å²) in [5.41, 5.74) is 1.36. The molecule has 2 aromatic rings. The highest BCUT2D eigenvalue weighted by Gasteiger charge is 2.08. The van der Waals surface area contributed by atoms with E-state index in [9.17, 15) is 13.2 Å². The van der Waals surface area contributed by atoms with E-state index < -0.39 is 15.9 Å². The topological polar surface area (TPSA) is 92.6 Å². The van der Waals surface area contributed by atoms with Gasteiger partial charge in [-0.15, -0.1) is 0 Å². The van der Waals surface area contributed by atoms with E-state index in [2.05, 4.69) is 31.1 Å². The van der Waals surface area contributed by atoms with Crippen LogP contribution in [0.25, 0.3) is 5.52 Å². The summed E-state index contributed by atoms with van der Waals surface area (Å²) in [4.78, 5) is 11.5. The first-order valence-corrected chi connectivity index (χ1v) is 7.91. The Bertz CT molecular complexity index is 725. The Morgan fingerprint density at radius 2 is 2.26 bits per heavy atom. The number of rotatable bonds is 4. The maximum atomic E-state index is 11.5. The van der Waals surface area contributed by atoms with Crippen LogP contribution < -0.4 is 10.0 Å². The molecule has 1 amide bonds. The summed E-state index contributed by atoms with van der Waals surface area (Å²) in [5.74, 6) is -0.439. The maximum Gasteiger partial charge on any atom is 0.239 e. The smallest absolute Gasteiger partial charge is 0.239 e. The van der Waals surface area contributed by atoms with Gasteiger partial charge in [-0.25, -0.2) is 17.7 Å². The molecule has 9 heteroatoms. The number of fused-ring (bicyclic) bond motifs is 1. The van der Waals surface area contributed by atoms with Crippen molar-refractivity contribution in [1.82, 2.24) is 14.3 Å². The molecule has 0 radical (unpaired) electrons. The maximum absolute atomic E-state index is 11.5. The van der Waals surface area contributed by atoms with Crippen molar-refractivity contribution >= 4 is 43.1 Å². The van der Waals surface area contributed by atoms with E-state index in [1.807, 2.05) is 0 Å². The van der Waals surface area contributed by atoms with Gasteiger partial charge in [0.1, 0.15) is 0 Å². The molecule has 0 spiro atoms. The standard InChI is InChI=1S/C10H11BrN4O3S/c1-19(17,18)13-6-10(16)14-7-2-3-15-9(4-7)8(11)5-12-15/h2-5,13H,6H2,1H3,(H,14,16). The fourth-order valence-corrected chi connectivity index (χ4v) is 2.21. The van der Waals surface area contributed by atoms with Gasteiger partial charge in [0.15, 0.2) is 0 Å². The second-order valence-electron chi connectivity index (χ2n) is 3.88. The molecule has 19 heavy (non-hydrogen) atoms. The summed E-state index contributed by atoms with van der Waals surface area (Å²) in [5, 5.41) is 6.67. The largest absolute Gasteiger partial charge is 0.325 e. The number of nitrogens with zero attached hydrogens (tertiary/aromatic N) is 2. The molecule has 0 fully saturated rings. The number of carbonyl (C=O) groups is 1. The Kier molecular flexibility index (Phi) is 3.88. The van der Waals surface area contributed by atoms with E-state index in [1.165, 1.54) is 0 Å². The molecule has 0 aliphatic heterocycles. The van der Waals surface area contributed by atoms with Crippen molar-refractivity contribution < 1.29 is 13.2 Å². The predicted octanol–water partition coefficient (Wildman–Crippen LogP) is 0.585. The second kappa shape index (κ2) is 5.27. The van der Waals surface area contributed by atoms with Crippen LogP contribution in [0.15, 0.2) is 29.0 Å². The first kappa shape index (κ1) is 14.0. The summed E-state index contributed by atoms with van der Waals surface area (Å²) in [7, 11) is -3.38. The van der Waals surface area contributed by atoms with Gasteiger partial charge in [-0.3, -0.25) is 4.79 Å². The molecule has 2 heterocycles. The number of anilines is 1. The Morgan fingerprint density at radius 1 is 1.53 bits per heavy atom. The van der Waals surface area contributed by atoms with Gasteiger partial charge < -0.3 is 5.32 Å². The second-order valence-corrected chi connectivity index (χ2v) is 6.57. The van der Waals surface area contributed by atoms with Crippen LogP contribution in [0.5, 0.6) is 0 Å². The quantitative estimate of drug-likeness (QED) is 0.847. The lowest BCUT2D eigenvalue weighted by Crippen LogP contribution is -2.32. The molecule has 0 atom stereocenters. The molecule has 7 nitrogen and oxygen atoms in total. The highest BCUT2D eigenvalue weighted by atomic mass is 79.9. The lowest BCUT2D eigenvalue weighted by atomic mass is 10.3. The van der Waals surface area contributed by atoms with Crippen LogP contribution >= 0.6 is 15.9 Å². The normalized spacial score (nSPS) is 11.7. The minimum absolute atomic E-state index is 0.301. The molecule has 0 aliphatic carbocycles. The first-order chi connectivity index (χ1) is 8.85. The van der Waals surface area contributed by atoms with Crippen molar-refractivity contribution in [3.05, 3.63) is 29.0 Å². The zero-order chi connectivity index (χ0) is 14.0. The summed E-state index contributed by atoms with van der Waals surface area (Å²) >= 11 is 3.34. The molecule has 102 valence electrons. The Balaban J connectivity index is 2.08. The third-order valence-electron chi connectivity index (χ3n) is 2.25. The summed E-state index contributed by atoms with van der Waals surface area (Å²) in [6.45, 7) is -0.301. The molecule has 0 aliphatic rings. The van der Waals surface area contributed by atoms with Gasteiger partial charge in [-0.2, -0.15) is 5.10 Å². The van der Waals surface area contributed by atoms with E-state index in [4.69, 9.17) is 0 Å². The Hall–Kier alpha value is -1.45. The van der Waals surface area contributed by atoms with E-state index in [0.717, 1.165) is 16.2 Å². The van der Waals surface area contributed by atoms with E-state index in [0.29, 0.717) is 5.69 Å². The summed E-state index contributed by atoms with van der Waals surface area (Å²) < 4.78 is 26.3. The molecule has 0 saturated carbocycles. The molecule has 2 aromatic heterocycles. The number of hydrogen-bond donors (Lipinski definition) is 2. The van der Waals surface area contributed by atoms with Gasteiger partial charge in [-0.05, 0) is 28.1 Å². The number of amides is 1. The number of carbonyl (C=O) groups excluding carboxylic acids is 1. The van der Waals surface area contributed by atoms with Crippen LogP contribution in [0.1, 0.15) is 0 Å². The minimum atomic E-state index is -3.38. The van der Waals surface area contributed by atoms with Crippen LogP contribution in [-0.4, -0.2) is 36.7 Å². The zero-order valence-corrected chi connectivity index (χ0v) is 12.3. The third-order valence-corrected chi connectivity index (χ3v) is 3.53. The predicted molar refractivity (Wildman–Crippen MR) is 74.4 cm³/mol. The monoisotopic (exact) mass is 346 g/mol. The number of hydrogen-bond acceptors (Lipinski definition) is 4. The first-order valence-electron chi connectivity index (χ1n) is 5.22. The minimum Gasteiger partial charge on any atom is -0.325 e. The van der Waals surface area contributed by atoms with Crippen molar-refractivity contribution in [2.75, 3.05) is 18.1 Å².